The van der Waals surface area contributed by atoms with Crippen LogP contribution in [-0.2, 0) is 0 Å². The van der Waals surface area contributed by atoms with E-state index >= 15 is 0 Å². The first-order valence-electron chi connectivity index (χ1n) is 5.05. The number of hydrogen-bond acceptors (Lipinski definition) is 3. The molecule has 0 aliphatic heterocycles. The van der Waals surface area contributed by atoms with Crippen molar-refractivity contribution >= 4 is 11.8 Å². The maximum absolute atomic E-state index is 10.8. The fourth-order valence-corrected chi connectivity index (χ4v) is 1.58. The molecule has 1 aliphatic carbocycles. The molecule has 1 aromatic heterocycles. The molecule has 0 aromatic carbocycles. The number of nitrogens with one attached hydrogen (secondary N) is 1. The molecule has 1 fully saturated rings. The number of aromatic nitrogens is 1. The van der Waals surface area contributed by atoms with Gasteiger partial charge in [-0.1, -0.05) is 6.92 Å². The van der Waals surface area contributed by atoms with Gasteiger partial charge in [0.05, 0.1) is 5.56 Å². The molecule has 0 spiro atoms. The van der Waals surface area contributed by atoms with E-state index in [1.54, 1.807) is 19.1 Å². The number of aromatic carboxylic acids is 1. The monoisotopic (exact) mass is 206 g/mol. The number of anilines is 1. The van der Waals surface area contributed by atoms with Gasteiger partial charge in [-0.3, -0.25) is 0 Å². The van der Waals surface area contributed by atoms with E-state index in [2.05, 4.69) is 17.2 Å². The molecule has 2 unspecified atom stereocenters. The lowest BCUT2D eigenvalue weighted by atomic mass is 10.2. The van der Waals surface area contributed by atoms with Gasteiger partial charge in [-0.2, -0.15) is 0 Å². The van der Waals surface area contributed by atoms with Gasteiger partial charge in [-0.05, 0) is 31.4 Å². The molecule has 0 amide bonds. The summed E-state index contributed by atoms with van der Waals surface area (Å²) in [4.78, 5) is 15.1. The first kappa shape index (κ1) is 9.96. The summed E-state index contributed by atoms with van der Waals surface area (Å²) in [6.07, 6.45) is 1.14. The standard InChI is InChI=1S/C11H14N2O2/c1-6-3-9(6)13-10-5-8(11(14)15)4-7(2)12-10/h4-6,9H,3H2,1-2H3,(H,12,13)(H,14,15). The van der Waals surface area contributed by atoms with E-state index in [4.69, 9.17) is 5.11 Å². The predicted molar refractivity (Wildman–Crippen MR) is 57.1 cm³/mol. The van der Waals surface area contributed by atoms with Gasteiger partial charge in [0.25, 0.3) is 0 Å². The Morgan fingerprint density at radius 3 is 2.80 bits per heavy atom. The Labute approximate surface area is 88.3 Å². The van der Waals surface area contributed by atoms with Crippen LogP contribution in [0.1, 0.15) is 29.4 Å². The normalized spacial score (nSPS) is 23.6. The van der Waals surface area contributed by atoms with Gasteiger partial charge in [0.15, 0.2) is 0 Å². The molecule has 2 atom stereocenters. The molecular formula is C11H14N2O2. The first-order valence-corrected chi connectivity index (χ1v) is 5.05. The van der Waals surface area contributed by atoms with E-state index in [9.17, 15) is 4.79 Å². The summed E-state index contributed by atoms with van der Waals surface area (Å²) in [6.45, 7) is 3.96. The van der Waals surface area contributed by atoms with Crippen LogP contribution in [0.5, 0.6) is 0 Å². The minimum absolute atomic E-state index is 0.290. The number of rotatable bonds is 3. The molecule has 0 bridgehead atoms. The van der Waals surface area contributed by atoms with Crippen LogP contribution in [0.4, 0.5) is 5.82 Å². The van der Waals surface area contributed by atoms with E-state index in [-0.39, 0.29) is 0 Å². The molecule has 4 nitrogen and oxygen atoms in total. The Balaban J connectivity index is 2.19. The molecule has 80 valence electrons. The maximum atomic E-state index is 10.8. The zero-order valence-electron chi connectivity index (χ0n) is 8.82. The van der Waals surface area contributed by atoms with Crippen molar-refractivity contribution in [2.75, 3.05) is 5.32 Å². The van der Waals surface area contributed by atoms with Crippen molar-refractivity contribution in [1.82, 2.24) is 4.98 Å². The molecule has 2 rings (SSSR count). The topological polar surface area (TPSA) is 62.2 Å². The molecular weight excluding hydrogens is 192 g/mol. The highest BCUT2D eigenvalue weighted by Gasteiger charge is 2.32. The Morgan fingerprint density at radius 2 is 2.27 bits per heavy atom. The Bertz CT molecular complexity index is 404. The van der Waals surface area contributed by atoms with Crippen molar-refractivity contribution in [3.63, 3.8) is 0 Å². The predicted octanol–water partition coefficient (Wildman–Crippen LogP) is 1.91. The number of pyridine rings is 1. The smallest absolute Gasteiger partial charge is 0.335 e. The lowest BCUT2D eigenvalue weighted by Crippen LogP contribution is -2.08. The average Bonchev–Trinajstić information content (AvgIpc) is 2.80. The Kier molecular flexibility index (Phi) is 2.34. The van der Waals surface area contributed by atoms with Gasteiger partial charge < -0.3 is 10.4 Å². The van der Waals surface area contributed by atoms with Gasteiger partial charge in [0.2, 0.25) is 0 Å². The van der Waals surface area contributed by atoms with Crippen LogP contribution in [-0.4, -0.2) is 22.1 Å². The van der Waals surface area contributed by atoms with Crippen LogP contribution >= 0.6 is 0 Å². The van der Waals surface area contributed by atoms with Gasteiger partial charge in [0, 0.05) is 11.7 Å². The molecule has 1 aliphatic rings. The van der Waals surface area contributed by atoms with Crippen molar-refractivity contribution < 1.29 is 9.90 Å². The van der Waals surface area contributed by atoms with Crippen LogP contribution < -0.4 is 5.32 Å². The zero-order chi connectivity index (χ0) is 11.0. The minimum atomic E-state index is -0.910. The third kappa shape index (κ3) is 2.26. The summed E-state index contributed by atoms with van der Waals surface area (Å²) in [7, 11) is 0. The molecule has 2 N–H and O–H groups in total. The highest BCUT2D eigenvalue weighted by Crippen LogP contribution is 2.32. The molecule has 0 radical (unpaired) electrons. The van der Waals surface area contributed by atoms with Crippen LogP contribution in [0, 0.1) is 12.8 Å². The van der Waals surface area contributed by atoms with Crippen molar-refractivity contribution in [2.45, 2.75) is 26.3 Å². The number of carboxylic acids is 1. The van der Waals surface area contributed by atoms with E-state index in [1.165, 1.54) is 0 Å². The molecule has 4 heteroatoms. The fourth-order valence-electron chi connectivity index (χ4n) is 1.58. The quantitative estimate of drug-likeness (QED) is 0.793. The summed E-state index contributed by atoms with van der Waals surface area (Å²) in [5.41, 5.74) is 1.02. The Morgan fingerprint density at radius 1 is 1.60 bits per heavy atom. The van der Waals surface area contributed by atoms with Crippen LogP contribution in [0.2, 0.25) is 0 Å². The van der Waals surface area contributed by atoms with E-state index < -0.39 is 5.97 Å². The highest BCUT2D eigenvalue weighted by atomic mass is 16.4. The Hall–Kier alpha value is -1.58. The first-order chi connectivity index (χ1) is 7.06. The average molecular weight is 206 g/mol. The number of carboxylic acid groups (broad SMARTS) is 1. The third-order valence-corrected chi connectivity index (χ3v) is 2.64. The van der Waals surface area contributed by atoms with Crippen LogP contribution in [0.25, 0.3) is 0 Å². The van der Waals surface area contributed by atoms with Crippen molar-refractivity contribution in [3.05, 3.63) is 23.4 Å². The highest BCUT2D eigenvalue weighted by molar-refractivity contribution is 5.88. The lowest BCUT2D eigenvalue weighted by molar-refractivity contribution is 0.0696. The second-order valence-electron chi connectivity index (χ2n) is 4.15. The van der Waals surface area contributed by atoms with Gasteiger partial charge >= 0.3 is 5.97 Å². The SMILES string of the molecule is Cc1cc(C(=O)O)cc(NC2CC2C)n1. The molecule has 15 heavy (non-hydrogen) atoms. The summed E-state index contributed by atoms with van der Waals surface area (Å²) < 4.78 is 0. The second kappa shape index (κ2) is 3.53. The molecule has 1 saturated carbocycles. The van der Waals surface area contributed by atoms with Crippen LogP contribution in [0.15, 0.2) is 12.1 Å². The number of aryl methyl sites for hydroxylation is 1. The summed E-state index contributed by atoms with van der Waals surface area (Å²) in [6, 6.07) is 3.62. The second-order valence-corrected chi connectivity index (χ2v) is 4.15. The van der Waals surface area contributed by atoms with E-state index in [0.717, 1.165) is 12.1 Å². The van der Waals surface area contributed by atoms with Crippen LogP contribution in [0.3, 0.4) is 0 Å². The fraction of sp³-hybridized carbons (Fsp3) is 0.455. The zero-order valence-corrected chi connectivity index (χ0v) is 8.82. The van der Waals surface area contributed by atoms with E-state index in [1.807, 2.05) is 0 Å². The number of nitrogens with zero attached hydrogens (tertiary/aromatic N) is 1. The third-order valence-electron chi connectivity index (χ3n) is 2.64. The minimum Gasteiger partial charge on any atom is -0.478 e. The molecule has 0 saturated heterocycles. The molecule has 1 heterocycles. The molecule has 1 aromatic rings. The van der Waals surface area contributed by atoms with E-state index in [0.29, 0.717) is 23.3 Å². The van der Waals surface area contributed by atoms with Gasteiger partial charge in [0.1, 0.15) is 5.82 Å². The largest absolute Gasteiger partial charge is 0.478 e. The van der Waals surface area contributed by atoms with Gasteiger partial charge in [-0.25, -0.2) is 9.78 Å². The summed E-state index contributed by atoms with van der Waals surface area (Å²) in [5.74, 6) is 0.426. The van der Waals surface area contributed by atoms with Crippen molar-refractivity contribution in [2.24, 2.45) is 5.92 Å². The van der Waals surface area contributed by atoms with Gasteiger partial charge in [-0.15, -0.1) is 0 Å². The maximum Gasteiger partial charge on any atom is 0.335 e. The number of carbonyl (C=O) groups is 1. The lowest BCUT2D eigenvalue weighted by Gasteiger charge is -2.06. The van der Waals surface area contributed by atoms with Crippen molar-refractivity contribution in [1.29, 1.82) is 0 Å². The number of hydrogen-bond donors (Lipinski definition) is 2. The summed E-state index contributed by atoms with van der Waals surface area (Å²) in [5, 5.41) is 12.1. The van der Waals surface area contributed by atoms with Crippen molar-refractivity contribution in [3.8, 4) is 0 Å². The summed E-state index contributed by atoms with van der Waals surface area (Å²) >= 11 is 0.